The average Bonchev–Trinajstić information content (AvgIpc) is 3.02. The van der Waals surface area contributed by atoms with Gasteiger partial charge in [-0.05, 0) is 43.5 Å². The van der Waals surface area contributed by atoms with E-state index < -0.39 is 22.1 Å². The van der Waals surface area contributed by atoms with Gasteiger partial charge in [0.2, 0.25) is 10.0 Å². The molecule has 0 aliphatic carbocycles. The van der Waals surface area contributed by atoms with Crippen LogP contribution in [-0.2, 0) is 14.8 Å². The number of alkyl halides is 3. The van der Waals surface area contributed by atoms with Crippen molar-refractivity contribution >= 4 is 16.1 Å². The molecule has 7 nitrogen and oxygen atoms in total. The van der Waals surface area contributed by atoms with Gasteiger partial charge in [-0.1, -0.05) is 6.92 Å². The number of ether oxygens (including phenoxy) is 2. The Morgan fingerprint density at radius 1 is 1.18 bits per heavy atom. The zero-order valence-electron chi connectivity index (χ0n) is 15.2. The smallest absolute Gasteiger partial charge is 0.444 e. The molecule has 1 unspecified atom stereocenters. The van der Waals surface area contributed by atoms with Crippen molar-refractivity contribution in [1.29, 1.82) is 0 Å². The van der Waals surface area contributed by atoms with Gasteiger partial charge in [0.15, 0.2) is 0 Å². The van der Waals surface area contributed by atoms with Gasteiger partial charge in [-0.25, -0.2) is 13.2 Å². The summed E-state index contributed by atoms with van der Waals surface area (Å²) in [4.78, 5) is 13.5. The molecule has 0 bridgehead atoms. The lowest BCUT2D eigenvalue weighted by molar-refractivity contribution is -0.274. The van der Waals surface area contributed by atoms with Gasteiger partial charge in [0, 0.05) is 19.1 Å². The summed E-state index contributed by atoms with van der Waals surface area (Å²) in [5, 5.41) is 0. The van der Waals surface area contributed by atoms with E-state index in [-0.39, 0.29) is 36.2 Å². The monoisotopic (exact) mass is 422 g/mol. The summed E-state index contributed by atoms with van der Waals surface area (Å²) in [7, 11) is -3.84. The third-order valence-corrected chi connectivity index (χ3v) is 6.83. The summed E-state index contributed by atoms with van der Waals surface area (Å²) in [6, 6.07) is 4.03. The summed E-state index contributed by atoms with van der Waals surface area (Å²) in [5.74, 6) is -0.483. The maximum atomic E-state index is 12.7. The molecule has 1 amide bonds. The van der Waals surface area contributed by atoms with Gasteiger partial charge in [-0.2, -0.15) is 4.31 Å². The van der Waals surface area contributed by atoms with Crippen LogP contribution < -0.4 is 4.74 Å². The van der Waals surface area contributed by atoms with Crippen LogP contribution in [0.15, 0.2) is 29.2 Å². The number of halogens is 3. The molecule has 0 radical (unpaired) electrons. The second-order valence-electron chi connectivity index (χ2n) is 6.72. The molecule has 2 saturated heterocycles. The Morgan fingerprint density at radius 3 is 2.29 bits per heavy atom. The molecule has 3 rings (SSSR count). The van der Waals surface area contributed by atoms with E-state index in [4.69, 9.17) is 4.74 Å². The Hall–Kier alpha value is -2.01. The normalized spacial score (nSPS) is 22.4. The quantitative estimate of drug-likeness (QED) is 0.729. The largest absolute Gasteiger partial charge is 0.573 e. The zero-order valence-corrected chi connectivity index (χ0v) is 16.0. The summed E-state index contributed by atoms with van der Waals surface area (Å²) in [6.45, 7) is 2.87. The van der Waals surface area contributed by atoms with Crippen molar-refractivity contribution in [2.75, 3.05) is 19.6 Å². The molecule has 1 aromatic carbocycles. The number of benzene rings is 1. The molecule has 1 atom stereocenters. The molecule has 2 fully saturated rings. The van der Waals surface area contributed by atoms with Gasteiger partial charge in [0.25, 0.3) is 0 Å². The number of piperidine rings is 1. The topological polar surface area (TPSA) is 76.2 Å². The highest BCUT2D eigenvalue weighted by atomic mass is 32.2. The molecule has 0 saturated carbocycles. The lowest BCUT2D eigenvalue weighted by Crippen LogP contribution is -2.47. The van der Waals surface area contributed by atoms with Crippen LogP contribution in [0.3, 0.4) is 0 Å². The van der Waals surface area contributed by atoms with E-state index in [0.717, 1.165) is 30.7 Å². The van der Waals surface area contributed by atoms with Gasteiger partial charge in [0.1, 0.15) is 11.9 Å². The van der Waals surface area contributed by atoms with Crippen LogP contribution in [0.1, 0.15) is 26.2 Å². The number of cyclic esters (lactones) is 1. The Morgan fingerprint density at radius 2 is 1.79 bits per heavy atom. The van der Waals surface area contributed by atoms with E-state index in [9.17, 15) is 26.4 Å². The molecular formula is C17H21F3N2O5S. The highest BCUT2D eigenvalue weighted by molar-refractivity contribution is 7.89. The Kier molecular flexibility index (Phi) is 5.76. The highest BCUT2D eigenvalue weighted by Crippen LogP contribution is 2.28. The standard InChI is InChI=1S/C17H21F3N2O5S/c1-2-13-11-22(16(23)26-13)12-7-9-21(10-8-12)28(24,25)15-5-3-14(4-6-15)27-17(18,19)20/h3-6,12-13H,2,7-11H2,1H3. The predicted molar refractivity (Wildman–Crippen MR) is 92.2 cm³/mol. The first-order valence-electron chi connectivity index (χ1n) is 8.93. The second kappa shape index (κ2) is 7.78. The fraction of sp³-hybridized carbons (Fsp3) is 0.588. The number of carbonyl (C=O) groups is 1. The molecule has 11 heteroatoms. The molecule has 28 heavy (non-hydrogen) atoms. The molecule has 0 N–H and O–H groups in total. The minimum absolute atomic E-state index is 0.0851. The fourth-order valence-corrected chi connectivity index (χ4v) is 4.88. The van der Waals surface area contributed by atoms with Gasteiger partial charge in [0.05, 0.1) is 11.4 Å². The predicted octanol–water partition coefficient (Wildman–Crippen LogP) is 2.97. The van der Waals surface area contributed by atoms with Crippen molar-refractivity contribution in [3.05, 3.63) is 24.3 Å². The van der Waals surface area contributed by atoms with Crippen LogP contribution in [-0.4, -0.2) is 61.9 Å². The Balaban J connectivity index is 1.62. The second-order valence-corrected chi connectivity index (χ2v) is 8.66. The number of carbonyl (C=O) groups excluding carboxylic acids is 1. The van der Waals surface area contributed by atoms with Crippen LogP contribution in [0.5, 0.6) is 5.75 Å². The van der Waals surface area contributed by atoms with Crippen molar-refractivity contribution < 1.29 is 35.9 Å². The van der Waals surface area contributed by atoms with Crippen molar-refractivity contribution in [2.45, 2.75) is 49.6 Å². The van der Waals surface area contributed by atoms with Crippen LogP contribution in [0.4, 0.5) is 18.0 Å². The number of hydrogen-bond acceptors (Lipinski definition) is 5. The SMILES string of the molecule is CCC1CN(C2CCN(S(=O)(=O)c3ccc(OC(F)(F)F)cc3)CC2)C(=O)O1. The molecule has 2 aliphatic heterocycles. The van der Waals surface area contributed by atoms with E-state index in [1.54, 1.807) is 4.90 Å². The Labute approximate surface area is 161 Å². The number of rotatable bonds is 5. The number of amides is 1. The lowest BCUT2D eigenvalue weighted by atomic mass is 10.1. The van der Waals surface area contributed by atoms with E-state index >= 15 is 0 Å². The average molecular weight is 422 g/mol. The van der Waals surface area contributed by atoms with Gasteiger partial charge in [-0.3, -0.25) is 0 Å². The molecule has 156 valence electrons. The molecule has 0 spiro atoms. The summed E-state index contributed by atoms with van der Waals surface area (Å²) < 4.78 is 72.4. The lowest BCUT2D eigenvalue weighted by Gasteiger charge is -2.34. The van der Waals surface area contributed by atoms with Crippen LogP contribution >= 0.6 is 0 Å². The van der Waals surface area contributed by atoms with Crippen molar-refractivity contribution in [2.24, 2.45) is 0 Å². The maximum Gasteiger partial charge on any atom is 0.573 e. The molecule has 1 aromatic rings. The molecular weight excluding hydrogens is 401 g/mol. The van der Waals surface area contributed by atoms with E-state index in [1.807, 2.05) is 6.92 Å². The minimum atomic E-state index is -4.84. The zero-order chi connectivity index (χ0) is 20.5. The van der Waals surface area contributed by atoms with Crippen LogP contribution in [0.2, 0.25) is 0 Å². The molecule has 2 heterocycles. The van der Waals surface area contributed by atoms with Gasteiger partial charge >= 0.3 is 12.5 Å². The minimum Gasteiger partial charge on any atom is -0.444 e. The molecule has 2 aliphatic rings. The van der Waals surface area contributed by atoms with E-state index in [1.165, 1.54) is 4.31 Å². The Bertz CT molecular complexity index is 805. The fourth-order valence-electron chi connectivity index (χ4n) is 3.41. The van der Waals surface area contributed by atoms with Crippen molar-refractivity contribution in [1.82, 2.24) is 9.21 Å². The first kappa shape index (κ1) is 20.7. The third kappa shape index (κ3) is 4.52. The molecule has 0 aromatic heterocycles. The maximum absolute atomic E-state index is 12.7. The first-order valence-corrected chi connectivity index (χ1v) is 10.4. The van der Waals surface area contributed by atoms with E-state index in [2.05, 4.69) is 4.74 Å². The third-order valence-electron chi connectivity index (χ3n) is 4.92. The van der Waals surface area contributed by atoms with Crippen molar-refractivity contribution in [3.63, 3.8) is 0 Å². The van der Waals surface area contributed by atoms with Gasteiger partial charge < -0.3 is 14.4 Å². The summed E-state index contributed by atoms with van der Waals surface area (Å²) >= 11 is 0. The summed E-state index contributed by atoms with van der Waals surface area (Å²) in [5.41, 5.74) is 0. The van der Waals surface area contributed by atoms with Gasteiger partial charge in [-0.15, -0.1) is 13.2 Å². The summed E-state index contributed by atoms with van der Waals surface area (Å²) in [6.07, 6.45) is -3.67. The van der Waals surface area contributed by atoms with Crippen LogP contribution in [0, 0.1) is 0 Å². The van der Waals surface area contributed by atoms with Crippen molar-refractivity contribution in [3.8, 4) is 5.75 Å². The number of hydrogen-bond donors (Lipinski definition) is 0. The van der Waals surface area contributed by atoms with Crippen LogP contribution in [0.25, 0.3) is 0 Å². The number of nitrogens with zero attached hydrogens (tertiary/aromatic N) is 2. The highest BCUT2D eigenvalue weighted by Gasteiger charge is 2.38. The number of sulfonamides is 1. The van der Waals surface area contributed by atoms with E-state index in [0.29, 0.717) is 19.4 Å². The first-order chi connectivity index (χ1) is 13.1.